The van der Waals surface area contributed by atoms with Crippen molar-refractivity contribution in [3.05, 3.63) is 15.8 Å². The molecular formula is C11H19N5O3. The highest BCUT2D eigenvalue weighted by Gasteiger charge is 2.28. The van der Waals surface area contributed by atoms with Crippen LogP contribution in [0.5, 0.6) is 0 Å². The predicted molar refractivity (Wildman–Crippen MR) is 71.1 cm³/mol. The lowest BCUT2D eigenvalue weighted by Crippen LogP contribution is -2.29. The van der Waals surface area contributed by atoms with E-state index in [1.54, 1.807) is 21.1 Å². The number of rotatable bonds is 5. The minimum absolute atomic E-state index is 0.00902. The number of hydrogen-bond acceptors (Lipinski definition) is 5. The van der Waals surface area contributed by atoms with Crippen molar-refractivity contribution in [2.75, 3.05) is 26.0 Å². The van der Waals surface area contributed by atoms with Crippen molar-refractivity contribution in [3.8, 4) is 0 Å². The van der Waals surface area contributed by atoms with Gasteiger partial charge in [-0.15, -0.1) is 0 Å². The largest absolute Gasteiger partial charge is 0.355 e. The van der Waals surface area contributed by atoms with Gasteiger partial charge >= 0.3 is 5.69 Å². The van der Waals surface area contributed by atoms with Crippen LogP contribution in [0.2, 0.25) is 0 Å². The molecule has 0 aromatic carbocycles. The van der Waals surface area contributed by atoms with E-state index in [9.17, 15) is 14.9 Å². The summed E-state index contributed by atoms with van der Waals surface area (Å²) >= 11 is 0. The lowest BCUT2D eigenvalue weighted by molar-refractivity contribution is -0.384. The molecule has 1 heterocycles. The SMILES string of the molecule is CC(C)c1nn(C)c(NCC(=O)N(C)C)c1[N+](=O)[O-]. The van der Waals surface area contributed by atoms with Gasteiger partial charge in [0.1, 0.15) is 5.69 Å². The van der Waals surface area contributed by atoms with Gasteiger partial charge in [-0.05, 0) is 0 Å². The van der Waals surface area contributed by atoms with Gasteiger partial charge in [0.05, 0.1) is 11.5 Å². The second kappa shape index (κ2) is 5.68. The van der Waals surface area contributed by atoms with Gasteiger partial charge in [0.2, 0.25) is 11.7 Å². The van der Waals surface area contributed by atoms with Crippen LogP contribution in [0.25, 0.3) is 0 Å². The van der Waals surface area contributed by atoms with Crippen molar-refractivity contribution in [2.45, 2.75) is 19.8 Å². The van der Waals surface area contributed by atoms with Crippen LogP contribution in [-0.2, 0) is 11.8 Å². The summed E-state index contributed by atoms with van der Waals surface area (Å²) in [7, 11) is 4.86. The second-order valence-corrected chi connectivity index (χ2v) is 4.76. The lowest BCUT2D eigenvalue weighted by Gasteiger charge is -2.11. The Kier molecular flexibility index (Phi) is 4.47. The molecule has 8 nitrogen and oxygen atoms in total. The number of nitro groups is 1. The molecule has 0 unspecified atom stereocenters. The van der Waals surface area contributed by atoms with E-state index in [0.29, 0.717) is 5.69 Å². The van der Waals surface area contributed by atoms with Crippen LogP contribution < -0.4 is 5.32 Å². The Morgan fingerprint density at radius 2 is 2.11 bits per heavy atom. The molecule has 0 bridgehead atoms. The molecule has 1 amide bonds. The number of anilines is 1. The predicted octanol–water partition coefficient (Wildman–Crippen LogP) is 0.952. The van der Waals surface area contributed by atoms with Gasteiger partial charge < -0.3 is 10.2 Å². The maximum Gasteiger partial charge on any atom is 0.334 e. The van der Waals surface area contributed by atoms with Crippen molar-refractivity contribution >= 4 is 17.4 Å². The quantitative estimate of drug-likeness (QED) is 0.634. The molecule has 0 radical (unpaired) electrons. The van der Waals surface area contributed by atoms with E-state index in [1.807, 2.05) is 13.8 Å². The van der Waals surface area contributed by atoms with Gasteiger partial charge in [-0.25, -0.2) is 4.68 Å². The number of aromatic nitrogens is 2. The van der Waals surface area contributed by atoms with Gasteiger partial charge in [-0.3, -0.25) is 14.9 Å². The zero-order valence-corrected chi connectivity index (χ0v) is 11.8. The third-order valence-electron chi connectivity index (χ3n) is 2.68. The van der Waals surface area contributed by atoms with Crippen LogP contribution in [0.3, 0.4) is 0 Å². The fraction of sp³-hybridized carbons (Fsp3) is 0.636. The highest BCUT2D eigenvalue weighted by atomic mass is 16.6. The topological polar surface area (TPSA) is 93.3 Å². The zero-order valence-electron chi connectivity index (χ0n) is 11.8. The van der Waals surface area contributed by atoms with E-state index >= 15 is 0 Å². The van der Waals surface area contributed by atoms with E-state index < -0.39 is 4.92 Å². The minimum Gasteiger partial charge on any atom is -0.355 e. The van der Waals surface area contributed by atoms with E-state index in [0.717, 1.165) is 0 Å². The van der Waals surface area contributed by atoms with Gasteiger partial charge in [0.15, 0.2) is 0 Å². The van der Waals surface area contributed by atoms with Crippen molar-refractivity contribution in [2.24, 2.45) is 7.05 Å². The summed E-state index contributed by atoms with van der Waals surface area (Å²) in [6, 6.07) is 0. The molecule has 19 heavy (non-hydrogen) atoms. The number of amides is 1. The molecule has 1 aromatic rings. The molecule has 1 aromatic heterocycles. The summed E-state index contributed by atoms with van der Waals surface area (Å²) in [6.07, 6.45) is 0. The first-order chi connectivity index (χ1) is 8.75. The van der Waals surface area contributed by atoms with Crippen LogP contribution in [0, 0.1) is 10.1 Å². The Morgan fingerprint density at radius 3 is 2.53 bits per heavy atom. The first kappa shape index (κ1) is 14.9. The summed E-state index contributed by atoms with van der Waals surface area (Å²) in [5, 5.41) is 18.1. The van der Waals surface area contributed by atoms with Crippen molar-refractivity contribution in [1.82, 2.24) is 14.7 Å². The fourth-order valence-corrected chi connectivity index (χ4v) is 1.62. The van der Waals surface area contributed by atoms with Crippen LogP contribution in [-0.4, -0.2) is 46.2 Å². The summed E-state index contributed by atoms with van der Waals surface area (Å²) in [4.78, 5) is 23.6. The number of carbonyl (C=O) groups is 1. The van der Waals surface area contributed by atoms with Crippen LogP contribution in [0.1, 0.15) is 25.5 Å². The highest BCUT2D eigenvalue weighted by Crippen LogP contribution is 2.32. The van der Waals surface area contributed by atoms with E-state index in [4.69, 9.17) is 0 Å². The molecule has 1 rings (SSSR count). The Bertz CT molecular complexity index is 493. The Balaban J connectivity index is 3.06. The van der Waals surface area contributed by atoms with Crippen molar-refractivity contribution < 1.29 is 9.72 Å². The van der Waals surface area contributed by atoms with Crippen LogP contribution >= 0.6 is 0 Å². The molecule has 0 atom stereocenters. The molecule has 106 valence electrons. The molecule has 8 heteroatoms. The Labute approximate surface area is 111 Å². The van der Waals surface area contributed by atoms with E-state index in [-0.39, 0.29) is 29.9 Å². The van der Waals surface area contributed by atoms with Crippen LogP contribution in [0.4, 0.5) is 11.5 Å². The third kappa shape index (κ3) is 3.21. The average Bonchev–Trinajstić information content (AvgIpc) is 2.63. The second-order valence-electron chi connectivity index (χ2n) is 4.76. The first-order valence-corrected chi connectivity index (χ1v) is 5.91. The third-order valence-corrected chi connectivity index (χ3v) is 2.68. The normalized spacial score (nSPS) is 10.6. The minimum atomic E-state index is -0.467. The monoisotopic (exact) mass is 269 g/mol. The van der Waals surface area contributed by atoms with Gasteiger partial charge in [-0.2, -0.15) is 5.10 Å². The summed E-state index contributed by atoms with van der Waals surface area (Å²) in [6.45, 7) is 3.67. The number of likely N-dealkylation sites (N-methyl/N-ethyl adjacent to an activating group) is 1. The van der Waals surface area contributed by atoms with Gasteiger partial charge in [0, 0.05) is 27.1 Å². The molecular weight excluding hydrogens is 250 g/mol. The number of aryl methyl sites for hydroxylation is 1. The highest BCUT2D eigenvalue weighted by molar-refractivity contribution is 5.81. The van der Waals surface area contributed by atoms with Crippen molar-refractivity contribution in [1.29, 1.82) is 0 Å². The molecule has 0 aliphatic rings. The molecule has 0 saturated heterocycles. The zero-order chi connectivity index (χ0) is 14.7. The average molecular weight is 269 g/mol. The molecule has 1 N–H and O–H groups in total. The van der Waals surface area contributed by atoms with Gasteiger partial charge in [0.25, 0.3) is 0 Å². The summed E-state index contributed by atoms with van der Waals surface area (Å²) in [5.74, 6) is 0.0252. The molecule has 0 aliphatic carbocycles. The van der Waals surface area contributed by atoms with Crippen LogP contribution in [0.15, 0.2) is 0 Å². The smallest absolute Gasteiger partial charge is 0.334 e. The molecule has 0 aliphatic heterocycles. The summed E-state index contributed by atoms with van der Waals surface area (Å²) < 4.78 is 1.40. The maximum atomic E-state index is 11.5. The fourth-order valence-electron chi connectivity index (χ4n) is 1.62. The standard InChI is InChI=1S/C11H19N5O3/c1-7(2)9-10(16(18)19)11(15(5)13-9)12-6-8(17)14(3)4/h7,12H,6H2,1-5H3. The number of hydrogen-bond donors (Lipinski definition) is 1. The number of nitrogens with zero attached hydrogens (tertiary/aromatic N) is 4. The first-order valence-electron chi connectivity index (χ1n) is 5.91. The molecule has 0 saturated carbocycles. The Morgan fingerprint density at radius 1 is 1.53 bits per heavy atom. The lowest BCUT2D eigenvalue weighted by atomic mass is 10.1. The molecule has 0 fully saturated rings. The number of carbonyl (C=O) groups excluding carboxylic acids is 1. The van der Waals surface area contributed by atoms with E-state index in [1.165, 1.54) is 9.58 Å². The van der Waals surface area contributed by atoms with E-state index in [2.05, 4.69) is 10.4 Å². The molecule has 0 spiro atoms. The number of nitrogens with one attached hydrogen (secondary N) is 1. The Hall–Kier alpha value is -2.12. The van der Waals surface area contributed by atoms with Gasteiger partial charge in [-0.1, -0.05) is 13.8 Å². The maximum absolute atomic E-state index is 11.5. The summed E-state index contributed by atoms with van der Waals surface area (Å²) in [5.41, 5.74) is 0.344. The van der Waals surface area contributed by atoms with Crippen molar-refractivity contribution in [3.63, 3.8) is 0 Å².